The van der Waals surface area contributed by atoms with Crippen molar-refractivity contribution in [1.82, 2.24) is 9.97 Å². The van der Waals surface area contributed by atoms with E-state index in [0.29, 0.717) is 17.7 Å². The molecule has 1 aromatic heterocycles. The topological polar surface area (TPSA) is 81.2 Å². The van der Waals surface area contributed by atoms with Gasteiger partial charge in [0.1, 0.15) is 5.60 Å². The summed E-state index contributed by atoms with van der Waals surface area (Å²) in [7, 11) is 0. The maximum absolute atomic E-state index is 11.6. The highest BCUT2D eigenvalue weighted by atomic mass is 16.6. The number of nitrogens with one attached hydrogen (secondary N) is 1. The number of nitrogens with zero attached hydrogens (tertiary/aromatic N) is 2. The van der Waals surface area contributed by atoms with Crippen molar-refractivity contribution in [3.8, 4) is 0 Å². The second-order valence-corrected chi connectivity index (χ2v) is 5.46. The Balaban J connectivity index is 2.10. The lowest BCUT2D eigenvalue weighted by molar-refractivity contribution is 0.0634. The van der Waals surface area contributed by atoms with Gasteiger partial charge in [-0.05, 0) is 33.6 Å². The summed E-state index contributed by atoms with van der Waals surface area (Å²) in [6, 6.07) is 0. The molecule has 6 nitrogen and oxygen atoms in total. The molecule has 1 aromatic rings. The Morgan fingerprint density at radius 1 is 1.37 bits per heavy atom. The van der Waals surface area contributed by atoms with Crippen molar-refractivity contribution in [2.24, 2.45) is 0 Å². The maximum Gasteiger partial charge on any atom is 0.414 e. The summed E-state index contributed by atoms with van der Waals surface area (Å²) in [5.74, 6) is 0.229. The summed E-state index contributed by atoms with van der Waals surface area (Å²) in [5.41, 5.74) is 0.673. The van der Waals surface area contributed by atoms with Crippen LogP contribution in [0.2, 0.25) is 0 Å². The molecule has 102 valence electrons. The molecule has 1 N–H and O–H groups in total. The van der Waals surface area contributed by atoms with Crippen LogP contribution in [0.15, 0.2) is 6.20 Å². The minimum absolute atomic E-state index is 0.0602. The first-order valence-corrected chi connectivity index (χ1v) is 6.24. The van der Waals surface area contributed by atoms with Gasteiger partial charge in [-0.1, -0.05) is 0 Å². The molecule has 0 aromatic carbocycles. The predicted molar refractivity (Wildman–Crippen MR) is 69.2 cm³/mol. The van der Waals surface area contributed by atoms with Crippen LogP contribution in [0.1, 0.15) is 49.7 Å². The fraction of sp³-hybridized carbons (Fsp3) is 0.538. The van der Waals surface area contributed by atoms with Gasteiger partial charge in [0.05, 0.1) is 11.3 Å². The molecule has 0 saturated heterocycles. The lowest BCUT2D eigenvalue weighted by Crippen LogP contribution is -2.28. The molecule has 0 spiro atoms. The maximum atomic E-state index is 11.6. The van der Waals surface area contributed by atoms with Crippen molar-refractivity contribution in [3.05, 3.63) is 17.5 Å². The van der Waals surface area contributed by atoms with Gasteiger partial charge in [0, 0.05) is 12.6 Å². The third-order valence-electron chi connectivity index (χ3n) is 2.60. The van der Waals surface area contributed by atoms with E-state index in [0.717, 1.165) is 12.8 Å². The van der Waals surface area contributed by atoms with Crippen molar-refractivity contribution < 1.29 is 14.3 Å². The molecule has 1 aliphatic carbocycles. The van der Waals surface area contributed by atoms with Gasteiger partial charge in [-0.25, -0.2) is 14.8 Å². The Morgan fingerprint density at radius 3 is 2.79 bits per heavy atom. The third-order valence-corrected chi connectivity index (χ3v) is 2.60. The number of ether oxygens (including phenoxy) is 1. The van der Waals surface area contributed by atoms with Gasteiger partial charge in [-0.3, -0.25) is 10.1 Å². The largest absolute Gasteiger partial charge is 0.444 e. The molecule has 6 heteroatoms. The van der Waals surface area contributed by atoms with Crippen LogP contribution in [0.5, 0.6) is 0 Å². The van der Waals surface area contributed by atoms with E-state index in [-0.39, 0.29) is 11.7 Å². The quantitative estimate of drug-likeness (QED) is 0.841. The number of aromatic nitrogens is 2. The number of Topliss-reactive ketones (excluding diaryl/α,β-unsaturated/α-hetero) is 1. The molecule has 0 unspecified atom stereocenters. The van der Waals surface area contributed by atoms with Crippen LogP contribution < -0.4 is 5.32 Å². The first kappa shape index (κ1) is 13.5. The summed E-state index contributed by atoms with van der Waals surface area (Å²) < 4.78 is 5.11. The zero-order valence-electron chi connectivity index (χ0n) is 11.3. The van der Waals surface area contributed by atoms with Gasteiger partial charge in [-0.2, -0.15) is 0 Å². The molecule has 0 radical (unpaired) electrons. The van der Waals surface area contributed by atoms with Crippen molar-refractivity contribution in [2.45, 2.75) is 45.6 Å². The van der Waals surface area contributed by atoms with Crippen molar-refractivity contribution in [1.29, 1.82) is 0 Å². The normalized spacial score (nSPS) is 14.8. The van der Waals surface area contributed by atoms with E-state index >= 15 is 0 Å². The summed E-state index contributed by atoms with van der Waals surface area (Å²) in [6.07, 6.45) is 2.92. The summed E-state index contributed by atoms with van der Waals surface area (Å²) >= 11 is 0. The summed E-state index contributed by atoms with van der Waals surface area (Å²) in [5, 5.41) is 2.47. The number of carbonyl (C=O) groups excluding carboxylic acids is 2. The number of rotatable bonds is 1. The van der Waals surface area contributed by atoms with Gasteiger partial charge in [-0.15, -0.1) is 0 Å². The molecular weight excluding hydrogens is 246 g/mol. The number of fused-ring (bicyclic) bond motifs is 1. The Bertz CT molecular complexity index is 520. The average molecular weight is 263 g/mol. The van der Waals surface area contributed by atoms with Crippen LogP contribution in [0, 0.1) is 0 Å². The standard InChI is InChI=1S/C13H17N3O3/c1-13(2,3)19-12(18)16-11-14-7-8-9(15-11)5-4-6-10(8)17/h7H,4-6H2,1-3H3,(H,14,15,16,18). The van der Waals surface area contributed by atoms with Crippen LogP contribution >= 0.6 is 0 Å². The van der Waals surface area contributed by atoms with Crippen LogP contribution in [0.3, 0.4) is 0 Å². The number of carbonyl (C=O) groups is 2. The second-order valence-electron chi connectivity index (χ2n) is 5.46. The number of anilines is 1. The zero-order valence-corrected chi connectivity index (χ0v) is 11.3. The number of hydrogen-bond acceptors (Lipinski definition) is 5. The Hall–Kier alpha value is -1.98. The Labute approximate surface area is 111 Å². The van der Waals surface area contributed by atoms with Crippen LogP contribution in [0.25, 0.3) is 0 Å². The van der Waals surface area contributed by atoms with Gasteiger partial charge >= 0.3 is 6.09 Å². The first-order chi connectivity index (χ1) is 8.85. The smallest absolute Gasteiger partial charge is 0.414 e. The monoisotopic (exact) mass is 263 g/mol. The molecule has 0 atom stereocenters. The highest BCUT2D eigenvalue weighted by Gasteiger charge is 2.21. The number of ketones is 1. The minimum Gasteiger partial charge on any atom is -0.444 e. The molecule has 1 aliphatic rings. The van der Waals surface area contributed by atoms with Crippen molar-refractivity contribution in [3.63, 3.8) is 0 Å². The fourth-order valence-electron chi connectivity index (χ4n) is 1.85. The Kier molecular flexibility index (Phi) is 3.50. The van der Waals surface area contributed by atoms with E-state index in [9.17, 15) is 9.59 Å². The van der Waals surface area contributed by atoms with Crippen LogP contribution in [-0.2, 0) is 11.2 Å². The van der Waals surface area contributed by atoms with Crippen LogP contribution in [-0.4, -0.2) is 27.4 Å². The van der Waals surface area contributed by atoms with E-state index in [1.807, 2.05) is 0 Å². The fourth-order valence-corrected chi connectivity index (χ4v) is 1.85. The van der Waals surface area contributed by atoms with E-state index in [1.54, 1.807) is 20.8 Å². The highest BCUT2D eigenvalue weighted by molar-refractivity contribution is 5.97. The number of hydrogen-bond donors (Lipinski definition) is 1. The molecule has 0 bridgehead atoms. The molecule has 0 aliphatic heterocycles. The minimum atomic E-state index is -0.602. The van der Waals surface area contributed by atoms with Gasteiger partial charge in [0.25, 0.3) is 0 Å². The second kappa shape index (κ2) is 4.95. The predicted octanol–water partition coefficient (Wildman–Crippen LogP) is 2.34. The van der Waals surface area contributed by atoms with Crippen LogP contribution in [0.4, 0.5) is 10.7 Å². The SMILES string of the molecule is CC(C)(C)OC(=O)Nc1ncc2c(n1)CCCC2=O. The van der Waals surface area contributed by atoms with Gasteiger partial charge in [0.15, 0.2) is 5.78 Å². The zero-order chi connectivity index (χ0) is 14.0. The van der Waals surface area contributed by atoms with Gasteiger partial charge in [0.2, 0.25) is 5.95 Å². The van der Waals surface area contributed by atoms with Crippen molar-refractivity contribution in [2.75, 3.05) is 5.32 Å². The molecule has 0 fully saturated rings. The average Bonchev–Trinajstić information content (AvgIpc) is 2.26. The van der Waals surface area contributed by atoms with E-state index in [1.165, 1.54) is 6.20 Å². The van der Waals surface area contributed by atoms with Crippen molar-refractivity contribution >= 4 is 17.8 Å². The highest BCUT2D eigenvalue weighted by Crippen LogP contribution is 2.19. The number of amides is 1. The summed E-state index contributed by atoms with van der Waals surface area (Å²) in [4.78, 5) is 31.4. The lowest BCUT2D eigenvalue weighted by atomic mass is 9.96. The number of aryl methyl sites for hydroxylation is 1. The van der Waals surface area contributed by atoms with E-state index in [4.69, 9.17) is 4.74 Å². The molecule has 1 heterocycles. The van der Waals surface area contributed by atoms with E-state index in [2.05, 4.69) is 15.3 Å². The van der Waals surface area contributed by atoms with E-state index < -0.39 is 11.7 Å². The summed E-state index contributed by atoms with van der Waals surface area (Å²) in [6.45, 7) is 5.33. The first-order valence-electron chi connectivity index (χ1n) is 6.24. The molecule has 2 rings (SSSR count). The molecule has 19 heavy (non-hydrogen) atoms. The lowest BCUT2D eigenvalue weighted by Gasteiger charge is -2.19. The third kappa shape index (κ3) is 3.49. The Morgan fingerprint density at radius 2 is 2.11 bits per heavy atom. The molecule has 1 amide bonds. The molecule has 0 saturated carbocycles. The molecular formula is C13H17N3O3. The van der Waals surface area contributed by atoms with Gasteiger partial charge < -0.3 is 4.74 Å².